The van der Waals surface area contributed by atoms with Gasteiger partial charge in [0.05, 0.1) is 5.52 Å². The number of anilines is 1. The van der Waals surface area contributed by atoms with Gasteiger partial charge in [-0.25, -0.2) is 9.97 Å². The van der Waals surface area contributed by atoms with Crippen LogP contribution in [0.25, 0.3) is 10.9 Å². The average Bonchev–Trinajstić information content (AvgIpc) is 2.65. The number of amides is 1. The van der Waals surface area contributed by atoms with Gasteiger partial charge in [0.1, 0.15) is 11.3 Å². The molecule has 3 aromatic rings. The second-order valence-corrected chi connectivity index (χ2v) is 5.36. The van der Waals surface area contributed by atoms with E-state index in [9.17, 15) is 14.7 Å². The van der Waals surface area contributed by atoms with E-state index in [1.807, 2.05) is 0 Å². The average molecular weight is 336 g/mol. The van der Waals surface area contributed by atoms with Gasteiger partial charge >= 0.3 is 0 Å². The van der Waals surface area contributed by atoms with Crippen LogP contribution in [-0.2, 0) is 7.05 Å². The predicted octanol–water partition coefficient (Wildman–Crippen LogP) is 1.87. The molecule has 0 aliphatic heterocycles. The SMILES string of the molecule is C=CCN(C(=O)c1c(O)c2ccccc2n(C)c1=O)c1ncccn1. The number of pyridine rings is 1. The van der Waals surface area contributed by atoms with Crippen LogP contribution < -0.4 is 10.5 Å². The summed E-state index contributed by atoms with van der Waals surface area (Å²) in [6.07, 6.45) is 4.48. The third-order valence-electron chi connectivity index (χ3n) is 3.84. The number of aromatic nitrogens is 3. The normalized spacial score (nSPS) is 10.6. The van der Waals surface area contributed by atoms with Crippen molar-refractivity contribution in [2.75, 3.05) is 11.4 Å². The highest BCUT2D eigenvalue weighted by atomic mass is 16.3. The molecule has 2 heterocycles. The molecule has 0 saturated heterocycles. The molecule has 1 N–H and O–H groups in total. The molecule has 0 atom stereocenters. The lowest BCUT2D eigenvalue weighted by molar-refractivity contribution is 0.0984. The minimum Gasteiger partial charge on any atom is -0.506 e. The zero-order valence-corrected chi connectivity index (χ0v) is 13.6. The molecule has 7 heteroatoms. The molecule has 2 aromatic heterocycles. The van der Waals surface area contributed by atoms with Crippen molar-refractivity contribution in [3.8, 4) is 5.75 Å². The number of para-hydroxylation sites is 1. The molecule has 0 aliphatic carbocycles. The Labute approximate surface area is 143 Å². The first-order chi connectivity index (χ1) is 12.1. The Hall–Kier alpha value is -3.48. The first-order valence-electron chi connectivity index (χ1n) is 7.56. The summed E-state index contributed by atoms with van der Waals surface area (Å²) < 4.78 is 1.33. The molecule has 7 nitrogen and oxygen atoms in total. The van der Waals surface area contributed by atoms with Gasteiger partial charge in [-0.1, -0.05) is 18.2 Å². The van der Waals surface area contributed by atoms with Crippen molar-refractivity contribution >= 4 is 22.8 Å². The number of hydrogen-bond acceptors (Lipinski definition) is 5. The third-order valence-corrected chi connectivity index (χ3v) is 3.84. The van der Waals surface area contributed by atoms with Gasteiger partial charge in [0, 0.05) is 31.4 Å². The van der Waals surface area contributed by atoms with Crippen molar-refractivity contribution in [1.29, 1.82) is 0 Å². The summed E-state index contributed by atoms with van der Waals surface area (Å²) in [6.45, 7) is 3.71. The molecule has 0 aliphatic rings. The molecule has 0 fully saturated rings. The van der Waals surface area contributed by atoms with Gasteiger partial charge in [0.25, 0.3) is 11.5 Å². The zero-order chi connectivity index (χ0) is 18.0. The van der Waals surface area contributed by atoms with E-state index in [1.165, 1.54) is 27.9 Å². The molecule has 25 heavy (non-hydrogen) atoms. The van der Waals surface area contributed by atoms with Crippen LogP contribution in [0.3, 0.4) is 0 Å². The Balaban J connectivity index is 2.22. The van der Waals surface area contributed by atoms with E-state index in [4.69, 9.17) is 0 Å². The second kappa shape index (κ2) is 6.56. The lowest BCUT2D eigenvalue weighted by Crippen LogP contribution is -2.37. The minimum absolute atomic E-state index is 0.0955. The molecular formula is C18H16N4O3. The van der Waals surface area contributed by atoms with Gasteiger partial charge < -0.3 is 9.67 Å². The number of rotatable bonds is 4. The van der Waals surface area contributed by atoms with Crippen LogP contribution in [-0.4, -0.2) is 32.1 Å². The number of carbonyl (C=O) groups excluding carboxylic acids is 1. The van der Waals surface area contributed by atoms with Crippen LogP contribution in [0.15, 0.2) is 60.2 Å². The number of nitrogens with zero attached hydrogens (tertiary/aromatic N) is 4. The van der Waals surface area contributed by atoms with Gasteiger partial charge in [0.2, 0.25) is 5.95 Å². The number of fused-ring (bicyclic) bond motifs is 1. The molecule has 0 saturated carbocycles. The maximum absolute atomic E-state index is 13.0. The molecule has 1 amide bonds. The Morgan fingerprint density at radius 1 is 1.28 bits per heavy atom. The largest absolute Gasteiger partial charge is 0.506 e. The molecule has 126 valence electrons. The third kappa shape index (κ3) is 2.76. The van der Waals surface area contributed by atoms with Crippen LogP contribution >= 0.6 is 0 Å². The summed E-state index contributed by atoms with van der Waals surface area (Å²) in [6, 6.07) is 8.45. The van der Waals surface area contributed by atoms with Crippen molar-refractivity contribution in [3.05, 3.63) is 71.3 Å². The van der Waals surface area contributed by atoms with Gasteiger partial charge in [-0.2, -0.15) is 0 Å². The van der Waals surface area contributed by atoms with Crippen LogP contribution in [0.2, 0.25) is 0 Å². The van der Waals surface area contributed by atoms with E-state index >= 15 is 0 Å². The van der Waals surface area contributed by atoms with Crippen molar-refractivity contribution in [1.82, 2.24) is 14.5 Å². The van der Waals surface area contributed by atoms with Gasteiger partial charge in [-0.05, 0) is 18.2 Å². The Kier molecular flexibility index (Phi) is 4.30. The summed E-state index contributed by atoms with van der Waals surface area (Å²) in [5.41, 5.74) is -0.380. The molecule has 0 unspecified atom stereocenters. The minimum atomic E-state index is -0.685. The standard InChI is InChI=1S/C18H16N4O3/c1-3-11-22(18-19-9-6-10-20-18)17(25)14-15(23)12-7-4-5-8-13(12)21(2)16(14)24/h3-10,23H,1,11H2,2H3. The molecular weight excluding hydrogens is 320 g/mol. The van der Waals surface area contributed by atoms with Gasteiger partial charge in [0.15, 0.2) is 0 Å². The summed E-state index contributed by atoms with van der Waals surface area (Å²) >= 11 is 0. The Morgan fingerprint density at radius 3 is 2.64 bits per heavy atom. The number of benzene rings is 1. The first-order valence-corrected chi connectivity index (χ1v) is 7.56. The Bertz CT molecular complexity index is 1010. The smallest absolute Gasteiger partial charge is 0.270 e. The van der Waals surface area contributed by atoms with E-state index in [0.29, 0.717) is 10.9 Å². The van der Waals surface area contributed by atoms with E-state index in [2.05, 4.69) is 16.5 Å². The fourth-order valence-corrected chi connectivity index (χ4v) is 2.62. The van der Waals surface area contributed by atoms with Crippen LogP contribution in [0.5, 0.6) is 5.75 Å². The quantitative estimate of drug-likeness (QED) is 0.735. The molecule has 1 aromatic carbocycles. The lowest BCUT2D eigenvalue weighted by Gasteiger charge is -2.20. The van der Waals surface area contributed by atoms with Crippen molar-refractivity contribution in [3.63, 3.8) is 0 Å². The van der Waals surface area contributed by atoms with Crippen LogP contribution in [0.1, 0.15) is 10.4 Å². The fraction of sp³-hybridized carbons (Fsp3) is 0.111. The van der Waals surface area contributed by atoms with Gasteiger partial charge in [-0.3, -0.25) is 14.5 Å². The van der Waals surface area contributed by atoms with Crippen molar-refractivity contribution in [2.45, 2.75) is 0 Å². The van der Waals surface area contributed by atoms with Crippen LogP contribution in [0.4, 0.5) is 5.95 Å². The fourth-order valence-electron chi connectivity index (χ4n) is 2.62. The van der Waals surface area contributed by atoms with E-state index < -0.39 is 11.5 Å². The number of carbonyl (C=O) groups is 1. The Morgan fingerprint density at radius 2 is 1.96 bits per heavy atom. The first kappa shape index (κ1) is 16.4. The van der Waals surface area contributed by atoms with E-state index in [0.717, 1.165) is 0 Å². The topological polar surface area (TPSA) is 88.3 Å². The predicted molar refractivity (Wildman–Crippen MR) is 94.8 cm³/mol. The summed E-state index contributed by atoms with van der Waals surface area (Å²) in [4.78, 5) is 35.0. The number of aryl methyl sites for hydroxylation is 1. The van der Waals surface area contributed by atoms with E-state index in [1.54, 1.807) is 37.4 Å². The molecule has 3 rings (SSSR count). The number of aromatic hydroxyl groups is 1. The summed E-state index contributed by atoms with van der Waals surface area (Å²) in [5, 5.41) is 11.0. The number of hydrogen-bond donors (Lipinski definition) is 1. The highest BCUT2D eigenvalue weighted by Crippen LogP contribution is 2.27. The summed E-state index contributed by atoms with van der Waals surface area (Å²) in [7, 11) is 1.55. The van der Waals surface area contributed by atoms with Crippen molar-refractivity contribution in [2.24, 2.45) is 7.05 Å². The second-order valence-electron chi connectivity index (χ2n) is 5.36. The molecule has 0 spiro atoms. The lowest BCUT2D eigenvalue weighted by atomic mass is 10.1. The summed E-state index contributed by atoms with van der Waals surface area (Å²) in [5.74, 6) is -0.911. The van der Waals surface area contributed by atoms with Gasteiger partial charge in [-0.15, -0.1) is 6.58 Å². The van der Waals surface area contributed by atoms with E-state index in [-0.39, 0.29) is 23.8 Å². The zero-order valence-electron chi connectivity index (χ0n) is 13.6. The monoisotopic (exact) mass is 336 g/mol. The van der Waals surface area contributed by atoms with Crippen molar-refractivity contribution < 1.29 is 9.90 Å². The maximum Gasteiger partial charge on any atom is 0.270 e. The maximum atomic E-state index is 13.0. The van der Waals surface area contributed by atoms with Crippen LogP contribution in [0, 0.1) is 0 Å². The molecule has 0 radical (unpaired) electrons. The molecule has 0 bridgehead atoms. The highest BCUT2D eigenvalue weighted by Gasteiger charge is 2.27. The highest BCUT2D eigenvalue weighted by molar-refractivity contribution is 6.09.